The van der Waals surface area contributed by atoms with Crippen molar-refractivity contribution in [1.82, 2.24) is 0 Å². The van der Waals surface area contributed by atoms with Crippen LogP contribution in [0.25, 0.3) is 0 Å². The van der Waals surface area contributed by atoms with Gasteiger partial charge in [-0.15, -0.1) is 0 Å². The minimum atomic E-state index is 0.606. The lowest BCUT2D eigenvalue weighted by atomic mass is 10.1. The largest absolute Gasteiger partial charge is 0.384 e. The summed E-state index contributed by atoms with van der Waals surface area (Å²) in [4.78, 5) is 0. The summed E-state index contributed by atoms with van der Waals surface area (Å²) < 4.78 is 0. The highest BCUT2D eigenvalue weighted by Gasteiger charge is 2.13. The number of halogens is 1. The van der Waals surface area contributed by atoms with Gasteiger partial charge in [0.25, 0.3) is 0 Å². The van der Waals surface area contributed by atoms with E-state index in [-0.39, 0.29) is 0 Å². The fourth-order valence-corrected chi connectivity index (χ4v) is 2.68. The quantitative estimate of drug-likeness (QED) is 0.901. The maximum absolute atomic E-state index is 9.12. The van der Waals surface area contributed by atoms with E-state index >= 15 is 0 Å². The molecule has 0 bridgehead atoms. The van der Waals surface area contributed by atoms with Gasteiger partial charge in [-0.05, 0) is 35.7 Å². The van der Waals surface area contributed by atoms with Crippen LogP contribution in [0, 0.1) is 11.3 Å². The van der Waals surface area contributed by atoms with Gasteiger partial charge in [0, 0.05) is 23.8 Å². The Hall–Kier alpha value is -2.18. The summed E-state index contributed by atoms with van der Waals surface area (Å²) in [6, 6.07) is 13.8. The molecule has 0 radical (unpaired) electrons. The molecule has 100 valence electrons. The second-order valence-corrected chi connectivity index (χ2v) is 5.22. The van der Waals surface area contributed by atoms with Crippen LogP contribution in [0.4, 0.5) is 11.4 Å². The average Bonchev–Trinajstić information content (AvgIpc) is 2.94. The number of hydrogen-bond acceptors (Lipinski definition) is 3. The molecule has 0 atom stereocenters. The van der Waals surface area contributed by atoms with Crippen LogP contribution in [-0.2, 0) is 13.0 Å². The van der Waals surface area contributed by atoms with Gasteiger partial charge in [0.15, 0.2) is 0 Å². The van der Waals surface area contributed by atoms with Crippen molar-refractivity contribution in [2.45, 2.75) is 13.0 Å². The molecule has 0 spiro atoms. The maximum atomic E-state index is 9.12. The Bertz CT molecular complexity index is 689. The Morgan fingerprint density at radius 2 is 2.20 bits per heavy atom. The standard InChI is InChI=1S/C16H14ClN3/c17-14-5-4-12(9-18)15(8-14)20-10-13-3-1-2-11-6-7-19-16(11)13/h1-5,8,19-20H,6-7,10H2. The summed E-state index contributed by atoms with van der Waals surface area (Å²) >= 11 is 5.99. The van der Waals surface area contributed by atoms with Gasteiger partial charge in [-0.1, -0.05) is 29.8 Å². The minimum Gasteiger partial charge on any atom is -0.384 e. The van der Waals surface area contributed by atoms with E-state index in [2.05, 4.69) is 34.9 Å². The van der Waals surface area contributed by atoms with E-state index in [1.807, 2.05) is 0 Å². The Morgan fingerprint density at radius 3 is 3.05 bits per heavy atom. The van der Waals surface area contributed by atoms with Gasteiger partial charge in [-0.3, -0.25) is 0 Å². The summed E-state index contributed by atoms with van der Waals surface area (Å²) in [5.74, 6) is 0. The van der Waals surface area contributed by atoms with Crippen molar-refractivity contribution in [3.05, 3.63) is 58.1 Å². The summed E-state index contributed by atoms with van der Waals surface area (Å²) in [7, 11) is 0. The molecule has 0 saturated heterocycles. The molecule has 2 aromatic carbocycles. The molecule has 0 aromatic heterocycles. The number of para-hydroxylation sites is 1. The predicted octanol–water partition coefficient (Wildman–Crippen LogP) is 3.79. The molecule has 4 heteroatoms. The SMILES string of the molecule is N#Cc1ccc(Cl)cc1NCc1cccc2c1NCC2. The molecular weight excluding hydrogens is 270 g/mol. The first-order valence-corrected chi connectivity index (χ1v) is 6.94. The number of benzene rings is 2. The van der Waals surface area contributed by atoms with Crippen molar-refractivity contribution in [3.8, 4) is 6.07 Å². The fraction of sp³-hybridized carbons (Fsp3) is 0.188. The second kappa shape index (κ2) is 5.44. The number of nitrogens with zero attached hydrogens (tertiary/aromatic N) is 1. The first kappa shape index (κ1) is 12.8. The average molecular weight is 284 g/mol. The highest BCUT2D eigenvalue weighted by Crippen LogP contribution is 2.28. The highest BCUT2D eigenvalue weighted by molar-refractivity contribution is 6.30. The summed E-state index contributed by atoms with van der Waals surface area (Å²) in [6.07, 6.45) is 1.07. The third-order valence-electron chi connectivity index (χ3n) is 3.50. The topological polar surface area (TPSA) is 47.9 Å². The van der Waals surface area contributed by atoms with Crippen molar-refractivity contribution in [1.29, 1.82) is 5.26 Å². The summed E-state index contributed by atoms with van der Waals surface area (Å²) in [5, 5.41) is 16.5. The number of nitriles is 1. The molecule has 0 saturated carbocycles. The van der Waals surface area contributed by atoms with Crippen molar-refractivity contribution < 1.29 is 0 Å². The Kier molecular flexibility index (Phi) is 3.49. The zero-order valence-corrected chi connectivity index (χ0v) is 11.7. The van der Waals surface area contributed by atoms with E-state index < -0.39 is 0 Å². The van der Waals surface area contributed by atoms with E-state index in [1.165, 1.54) is 16.8 Å². The molecule has 0 unspecified atom stereocenters. The van der Waals surface area contributed by atoms with E-state index in [1.54, 1.807) is 18.2 Å². The minimum absolute atomic E-state index is 0.606. The molecule has 0 amide bonds. The van der Waals surface area contributed by atoms with Crippen molar-refractivity contribution in [2.75, 3.05) is 17.2 Å². The Balaban J connectivity index is 1.83. The van der Waals surface area contributed by atoms with E-state index in [0.29, 0.717) is 17.1 Å². The molecular formula is C16H14ClN3. The first-order valence-electron chi connectivity index (χ1n) is 6.56. The molecule has 2 N–H and O–H groups in total. The van der Waals surface area contributed by atoms with E-state index in [4.69, 9.17) is 16.9 Å². The molecule has 1 aliphatic rings. The van der Waals surface area contributed by atoms with Gasteiger partial charge in [0.05, 0.1) is 11.3 Å². The molecule has 2 aromatic rings. The van der Waals surface area contributed by atoms with Crippen LogP contribution in [-0.4, -0.2) is 6.54 Å². The number of fused-ring (bicyclic) bond motifs is 1. The van der Waals surface area contributed by atoms with E-state index in [9.17, 15) is 0 Å². The number of rotatable bonds is 3. The second-order valence-electron chi connectivity index (χ2n) is 4.78. The van der Waals surface area contributed by atoms with Crippen LogP contribution >= 0.6 is 11.6 Å². The van der Waals surface area contributed by atoms with Crippen LogP contribution in [0.15, 0.2) is 36.4 Å². The van der Waals surface area contributed by atoms with Crippen LogP contribution in [0.5, 0.6) is 0 Å². The fourth-order valence-electron chi connectivity index (χ4n) is 2.51. The van der Waals surface area contributed by atoms with Gasteiger partial charge in [0.2, 0.25) is 0 Å². The van der Waals surface area contributed by atoms with Crippen molar-refractivity contribution in [3.63, 3.8) is 0 Å². The molecule has 1 aliphatic heterocycles. The zero-order chi connectivity index (χ0) is 13.9. The molecule has 0 aliphatic carbocycles. The maximum Gasteiger partial charge on any atom is 0.101 e. The molecule has 20 heavy (non-hydrogen) atoms. The van der Waals surface area contributed by atoms with Crippen LogP contribution in [0.1, 0.15) is 16.7 Å². The van der Waals surface area contributed by atoms with Gasteiger partial charge >= 0.3 is 0 Å². The number of hydrogen-bond donors (Lipinski definition) is 2. The van der Waals surface area contributed by atoms with Gasteiger partial charge in [-0.2, -0.15) is 5.26 Å². The first-order chi connectivity index (χ1) is 9.78. The Labute approximate surface area is 123 Å². The molecule has 0 fully saturated rings. The smallest absolute Gasteiger partial charge is 0.101 e. The van der Waals surface area contributed by atoms with Crippen LogP contribution in [0.2, 0.25) is 5.02 Å². The summed E-state index contributed by atoms with van der Waals surface area (Å²) in [5.41, 5.74) is 5.17. The van der Waals surface area contributed by atoms with Crippen LogP contribution < -0.4 is 10.6 Å². The third-order valence-corrected chi connectivity index (χ3v) is 3.74. The number of nitrogens with one attached hydrogen (secondary N) is 2. The van der Waals surface area contributed by atoms with Crippen molar-refractivity contribution >= 4 is 23.0 Å². The predicted molar refractivity (Wildman–Crippen MR) is 82.1 cm³/mol. The van der Waals surface area contributed by atoms with Crippen molar-refractivity contribution in [2.24, 2.45) is 0 Å². The van der Waals surface area contributed by atoms with Crippen LogP contribution in [0.3, 0.4) is 0 Å². The lowest BCUT2D eigenvalue weighted by molar-refractivity contribution is 1.11. The molecule has 3 rings (SSSR count). The number of anilines is 2. The monoisotopic (exact) mass is 283 g/mol. The Morgan fingerprint density at radius 1 is 1.30 bits per heavy atom. The third kappa shape index (κ3) is 2.43. The van der Waals surface area contributed by atoms with E-state index in [0.717, 1.165) is 18.7 Å². The van der Waals surface area contributed by atoms with Gasteiger partial charge in [-0.25, -0.2) is 0 Å². The van der Waals surface area contributed by atoms with Gasteiger partial charge in [0.1, 0.15) is 6.07 Å². The highest BCUT2D eigenvalue weighted by atomic mass is 35.5. The molecule has 1 heterocycles. The van der Waals surface area contributed by atoms with Gasteiger partial charge < -0.3 is 10.6 Å². The molecule has 3 nitrogen and oxygen atoms in total. The zero-order valence-electron chi connectivity index (χ0n) is 10.9. The normalized spacial score (nSPS) is 12.4. The lowest BCUT2D eigenvalue weighted by Crippen LogP contribution is -2.04. The summed E-state index contributed by atoms with van der Waals surface area (Å²) in [6.45, 7) is 1.66. The lowest BCUT2D eigenvalue weighted by Gasteiger charge is -2.12.